The highest BCUT2D eigenvalue weighted by Crippen LogP contribution is 2.34. The molecule has 19 heavy (non-hydrogen) atoms. The van der Waals surface area contributed by atoms with Crippen molar-refractivity contribution >= 4 is 15.9 Å². The van der Waals surface area contributed by atoms with E-state index in [1.807, 2.05) is 50.2 Å². The lowest BCUT2D eigenvalue weighted by atomic mass is 9.93. The van der Waals surface area contributed by atoms with Crippen LogP contribution in [0.1, 0.15) is 28.4 Å². The zero-order valence-electron chi connectivity index (χ0n) is 11.3. The maximum atomic E-state index is 10.7. The van der Waals surface area contributed by atoms with Gasteiger partial charge in [-0.1, -0.05) is 34.1 Å². The van der Waals surface area contributed by atoms with Crippen molar-refractivity contribution in [2.75, 3.05) is 7.11 Å². The lowest BCUT2D eigenvalue weighted by Gasteiger charge is -2.19. The second-order valence-electron chi connectivity index (χ2n) is 4.59. The van der Waals surface area contributed by atoms with Crippen molar-refractivity contribution in [1.82, 2.24) is 0 Å². The van der Waals surface area contributed by atoms with Crippen LogP contribution >= 0.6 is 15.9 Å². The molecule has 0 aliphatic heterocycles. The van der Waals surface area contributed by atoms with E-state index in [0.29, 0.717) is 5.75 Å². The molecule has 0 saturated heterocycles. The molecular weight excluding hydrogens is 304 g/mol. The van der Waals surface area contributed by atoms with Gasteiger partial charge in [0.25, 0.3) is 0 Å². The first-order valence-corrected chi connectivity index (χ1v) is 6.91. The molecule has 2 aromatic carbocycles. The Kier molecular flexibility index (Phi) is 4.27. The molecule has 0 aliphatic carbocycles. The molecule has 0 spiro atoms. The van der Waals surface area contributed by atoms with Crippen molar-refractivity contribution in [3.8, 4) is 5.75 Å². The van der Waals surface area contributed by atoms with Crippen LogP contribution in [0, 0.1) is 13.8 Å². The van der Waals surface area contributed by atoms with Crippen molar-refractivity contribution in [3.05, 3.63) is 63.1 Å². The molecule has 3 heteroatoms. The number of benzene rings is 2. The van der Waals surface area contributed by atoms with E-state index in [1.165, 1.54) is 0 Å². The first-order chi connectivity index (χ1) is 9.04. The Morgan fingerprint density at radius 1 is 1.11 bits per heavy atom. The Labute approximate surface area is 122 Å². The molecule has 2 aromatic rings. The predicted octanol–water partition coefficient (Wildman–Crippen LogP) is 4.16. The summed E-state index contributed by atoms with van der Waals surface area (Å²) >= 11 is 3.44. The van der Waals surface area contributed by atoms with Crippen molar-refractivity contribution in [2.45, 2.75) is 20.0 Å². The van der Waals surface area contributed by atoms with Gasteiger partial charge in [-0.15, -0.1) is 0 Å². The van der Waals surface area contributed by atoms with E-state index in [-0.39, 0.29) is 0 Å². The average molecular weight is 321 g/mol. The fraction of sp³-hybridized carbons (Fsp3) is 0.250. The fourth-order valence-corrected chi connectivity index (χ4v) is 2.71. The Balaban J connectivity index is 2.55. The summed E-state index contributed by atoms with van der Waals surface area (Å²) in [6.45, 7) is 4.02. The Morgan fingerprint density at radius 2 is 1.74 bits per heavy atom. The van der Waals surface area contributed by atoms with Gasteiger partial charge in [0.2, 0.25) is 0 Å². The van der Waals surface area contributed by atoms with Gasteiger partial charge in [-0.2, -0.15) is 0 Å². The molecule has 1 atom stereocenters. The molecule has 0 fully saturated rings. The number of hydrogen-bond donors (Lipinski definition) is 1. The van der Waals surface area contributed by atoms with Gasteiger partial charge in [0.05, 0.1) is 7.11 Å². The first kappa shape index (κ1) is 14.1. The van der Waals surface area contributed by atoms with E-state index in [9.17, 15) is 5.11 Å². The van der Waals surface area contributed by atoms with Crippen LogP contribution < -0.4 is 4.74 Å². The van der Waals surface area contributed by atoms with Crippen LogP contribution in [0.2, 0.25) is 0 Å². The highest BCUT2D eigenvalue weighted by atomic mass is 79.9. The minimum Gasteiger partial charge on any atom is -0.496 e. The van der Waals surface area contributed by atoms with Crippen LogP contribution in [0.25, 0.3) is 0 Å². The molecule has 2 rings (SSSR count). The third-order valence-electron chi connectivity index (χ3n) is 3.30. The topological polar surface area (TPSA) is 29.5 Å². The van der Waals surface area contributed by atoms with E-state index in [4.69, 9.17) is 4.74 Å². The van der Waals surface area contributed by atoms with Gasteiger partial charge in [-0.3, -0.25) is 0 Å². The summed E-state index contributed by atoms with van der Waals surface area (Å²) in [4.78, 5) is 0. The normalized spacial score (nSPS) is 12.3. The van der Waals surface area contributed by atoms with Gasteiger partial charge < -0.3 is 9.84 Å². The van der Waals surface area contributed by atoms with Crippen LogP contribution in [0.5, 0.6) is 5.75 Å². The largest absolute Gasteiger partial charge is 0.496 e. The van der Waals surface area contributed by atoms with Crippen molar-refractivity contribution in [3.63, 3.8) is 0 Å². The molecular formula is C16H17BrO2. The third-order valence-corrected chi connectivity index (χ3v) is 3.80. The van der Waals surface area contributed by atoms with Crippen molar-refractivity contribution in [2.24, 2.45) is 0 Å². The van der Waals surface area contributed by atoms with Crippen LogP contribution in [0.15, 0.2) is 40.9 Å². The summed E-state index contributed by atoms with van der Waals surface area (Å²) in [6.07, 6.45) is -0.686. The number of aryl methyl sites for hydroxylation is 2. The number of halogens is 1. The number of aliphatic hydroxyl groups excluding tert-OH is 1. The zero-order valence-corrected chi connectivity index (χ0v) is 12.9. The highest BCUT2D eigenvalue weighted by Gasteiger charge is 2.19. The van der Waals surface area contributed by atoms with Crippen LogP contribution in [0.4, 0.5) is 0 Å². The quantitative estimate of drug-likeness (QED) is 0.920. The lowest BCUT2D eigenvalue weighted by Crippen LogP contribution is -2.06. The summed E-state index contributed by atoms with van der Waals surface area (Å²) in [5, 5.41) is 10.7. The molecule has 100 valence electrons. The molecule has 0 amide bonds. The van der Waals surface area contributed by atoms with Crippen LogP contribution in [-0.4, -0.2) is 12.2 Å². The van der Waals surface area contributed by atoms with E-state index >= 15 is 0 Å². The Morgan fingerprint density at radius 3 is 2.32 bits per heavy atom. The van der Waals surface area contributed by atoms with Gasteiger partial charge in [0.15, 0.2) is 0 Å². The molecule has 0 aliphatic rings. The SMILES string of the molecule is COc1ccc(Br)cc1C(O)c1c(C)cccc1C. The van der Waals surface area contributed by atoms with Gasteiger partial charge in [-0.25, -0.2) is 0 Å². The molecule has 2 nitrogen and oxygen atoms in total. The van der Waals surface area contributed by atoms with Gasteiger partial charge >= 0.3 is 0 Å². The molecule has 0 aromatic heterocycles. The smallest absolute Gasteiger partial charge is 0.125 e. The third kappa shape index (κ3) is 2.82. The van der Waals surface area contributed by atoms with E-state index < -0.39 is 6.10 Å². The second-order valence-corrected chi connectivity index (χ2v) is 5.51. The maximum Gasteiger partial charge on any atom is 0.125 e. The first-order valence-electron chi connectivity index (χ1n) is 6.12. The maximum absolute atomic E-state index is 10.7. The Hall–Kier alpha value is -1.32. The highest BCUT2D eigenvalue weighted by molar-refractivity contribution is 9.10. The van der Waals surface area contributed by atoms with Gasteiger partial charge in [0.1, 0.15) is 11.9 Å². The minimum atomic E-state index is -0.686. The average Bonchev–Trinajstić information content (AvgIpc) is 2.38. The number of rotatable bonds is 3. The summed E-state index contributed by atoms with van der Waals surface area (Å²) in [5.74, 6) is 0.693. The van der Waals surface area contributed by atoms with E-state index in [1.54, 1.807) is 7.11 Å². The summed E-state index contributed by atoms with van der Waals surface area (Å²) in [6, 6.07) is 11.7. The number of ether oxygens (including phenoxy) is 1. The molecule has 1 N–H and O–H groups in total. The predicted molar refractivity (Wildman–Crippen MR) is 80.7 cm³/mol. The van der Waals surface area contributed by atoms with Gasteiger partial charge in [-0.05, 0) is 48.7 Å². The van der Waals surface area contributed by atoms with Crippen LogP contribution in [0.3, 0.4) is 0 Å². The summed E-state index contributed by atoms with van der Waals surface area (Å²) in [7, 11) is 1.62. The zero-order chi connectivity index (χ0) is 14.0. The fourth-order valence-electron chi connectivity index (χ4n) is 2.33. The van der Waals surface area contributed by atoms with E-state index in [2.05, 4.69) is 15.9 Å². The number of methoxy groups -OCH3 is 1. The van der Waals surface area contributed by atoms with Crippen LogP contribution in [-0.2, 0) is 0 Å². The molecule has 0 saturated carbocycles. The summed E-state index contributed by atoms with van der Waals surface area (Å²) < 4.78 is 6.27. The number of hydrogen-bond acceptors (Lipinski definition) is 2. The number of aliphatic hydroxyl groups is 1. The molecule has 0 heterocycles. The molecule has 1 unspecified atom stereocenters. The van der Waals surface area contributed by atoms with Gasteiger partial charge in [0, 0.05) is 10.0 Å². The van der Waals surface area contributed by atoms with Crippen molar-refractivity contribution < 1.29 is 9.84 Å². The van der Waals surface area contributed by atoms with Crippen molar-refractivity contribution in [1.29, 1.82) is 0 Å². The van der Waals surface area contributed by atoms with E-state index in [0.717, 1.165) is 26.7 Å². The standard InChI is InChI=1S/C16H17BrO2/c1-10-5-4-6-11(2)15(10)16(18)13-9-12(17)7-8-14(13)19-3/h4-9,16,18H,1-3H3. The lowest BCUT2D eigenvalue weighted by molar-refractivity contribution is 0.213. The Bertz CT molecular complexity index is 573. The minimum absolute atomic E-state index is 0.686. The molecule has 0 bridgehead atoms. The second kappa shape index (κ2) is 5.76. The summed E-state index contributed by atoms with van der Waals surface area (Å²) in [5.41, 5.74) is 3.87. The monoisotopic (exact) mass is 320 g/mol. The molecule has 0 radical (unpaired) electrons.